The average molecular weight is 527 g/mol. The number of rotatable bonds is 8. The minimum absolute atomic E-state index is 0. The van der Waals surface area contributed by atoms with Crippen LogP contribution in [0.2, 0.25) is 0 Å². The molecule has 1 saturated heterocycles. The Morgan fingerprint density at radius 2 is 1.93 bits per heavy atom. The van der Waals surface area contributed by atoms with Crippen LogP contribution in [-0.2, 0) is 9.47 Å². The summed E-state index contributed by atoms with van der Waals surface area (Å²) in [6, 6.07) is 0.435. The lowest BCUT2D eigenvalue weighted by molar-refractivity contribution is 0.0278. The molecule has 1 aliphatic rings. The summed E-state index contributed by atoms with van der Waals surface area (Å²) in [4.78, 5) is 20.5. The molecule has 1 heterocycles. The zero-order valence-corrected chi connectivity index (χ0v) is 21.6. The number of guanidine groups is 1. The summed E-state index contributed by atoms with van der Waals surface area (Å²) in [5, 5.41) is 6.90. The lowest BCUT2D eigenvalue weighted by Gasteiger charge is -2.33. The van der Waals surface area contributed by atoms with Crippen molar-refractivity contribution >= 4 is 36.0 Å². The van der Waals surface area contributed by atoms with Crippen LogP contribution in [0.3, 0.4) is 0 Å². The van der Waals surface area contributed by atoms with Crippen molar-refractivity contribution in [2.75, 3.05) is 60.5 Å². The Morgan fingerprint density at radius 3 is 2.45 bits per heavy atom. The standard InChI is InChI=1S/C20H41N5O3.HI/c1-16(15-24(6)19(26)28-20(2,3)4)14-22-18(21-5)23-17-8-10-25(11-9-17)12-13-27-7;/h16-17H,8-15H2,1-7H3,(H2,21,22,23);1H. The van der Waals surface area contributed by atoms with Crippen molar-refractivity contribution in [3.8, 4) is 0 Å². The number of halogens is 1. The minimum atomic E-state index is -0.474. The van der Waals surface area contributed by atoms with Crippen molar-refractivity contribution in [3.63, 3.8) is 0 Å². The molecular formula is C20H42IN5O3. The highest BCUT2D eigenvalue weighted by molar-refractivity contribution is 14.0. The van der Waals surface area contributed by atoms with E-state index in [0.29, 0.717) is 12.6 Å². The normalized spacial score (nSPS) is 17.3. The van der Waals surface area contributed by atoms with Gasteiger partial charge in [0.05, 0.1) is 6.61 Å². The molecule has 1 fully saturated rings. The first-order chi connectivity index (χ1) is 13.1. The van der Waals surface area contributed by atoms with E-state index in [0.717, 1.165) is 51.6 Å². The summed E-state index contributed by atoms with van der Waals surface area (Å²) in [7, 11) is 5.31. The van der Waals surface area contributed by atoms with E-state index in [1.807, 2.05) is 20.8 Å². The van der Waals surface area contributed by atoms with Crippen LogP contribution in [0, 0.1) is 5.92 Å². The number of hydrogen-bond donors (Lipinski definition) is 2. The molecule has 1 atom stereocenters. The summed E-state index contributed by atoms with van der Waals surface area (Å²) >= 11 is 0. The fourth-order valence-electron chi connectivity index (χ4n) is 3.13. The molecule has 0 spiro atoms. The van der Waals surface area contributed by atoms with E-state index in [1.54, 1.807) is 26.1 Å². The van der Waals surface area contributed by atoms with E-state index < -0.39 is 5.60 Å². The van der Waals surface area contributed by atoms with Crippen molar-refractivity contribution < 1.29 is 14.3 Å². The smallest absolute Gasteiger partial charge is 0.410 e. The van der Waals surface area contributed by atoms with Gasteiger partial charge in [-0.1, -0.05) is 6.92 Å². The van der Waals surface area contributed by atoms with E-state index >= 15 is 0 Å². The maximum atomic E-state index is 12.1. The lowest BCUT2D eigenvalue weighted by Crippen LogP contribution is -2.50. The van der Waals surface area contributed by atoms with E-state index in [2.05, 4.69) is 27.4 Å². The molecule has 0 aliphatic carbocycles. The van der Waals surface area contributed by atoms with Gasteiger partial charge in [0, 0.05) is 60.0 Å². The van der Waals surface area contributed by atoms with Gasteiger partial charge in [-0.15, -0.1) is 24.0 Å². The second-order valence-corrected chi connectivity index (χ2v) is 8.67. The Balaban J connectivity index is 0.00000784. The molecule has 9 heteroatoms. The Bertz CT molecular complexity index is 491. The quantitative estimate of drug-likeness (QED) is 0.287. The zero-order valence-electron chi connectivity index (χ0n) is 19.3. The molecule has 0 radical (unpaired) electrons. The molecule has 1 aliphatic heterocycles. The van der Waals surface area contributed by atoms with Gasteiger partial charge in [-0.2, -0.15) is 0 Å². The molecule has 0 aromatic carbocycles. The lowest BCUT2D eigenvalue weighted by atomic mass is 10.1. The van der Waals surface area contributed by atoms with E-state index in [9.17, 15) is 4.79 Å². The largest absolute Gasteiger partial charge is 0.444 e. The molecule has 29 heavy (non-hydrogen) atoms. The molecule has 1 rings (SSSR count). The van der Waals surface area contributed by atoms with Crippen LogP contribution < -0.4 is 10.6 Å². The highest BCUT2D eigenvalue weighted by atomic mass is 127. The van der Waals surface area contributed by atoms with Crippen molar-refractivity contribution in [2.24, 2.45) is 10.9 Å². The van der Waals surface area contributed by atoms with Crippen molar-refractivity contribution in [1.82, 2.24) is 20.4 Å². The second kappa shape index (κ2) is 14.2. The number of ether oxygens (including phenoxy) is 2. The fourth-order valence-corrected chi connectivity index (χ4v) is 3.13. The first kappa shape index (κ1) is 28.2. The van der Waals surface area contributed by atoms with Crippen LogP contribution >= 0.6 is 24.0 Å². The van der Waals surface area contributed by atoms with Crippen LogP contribution in [0.25, 0.3) is 0 Å². The summed E-state index contributed by atoms with van der Waals surface area (Å²) in [6.07, 6.45) is 1.91. The first-order valence-electron chi connectivity index (χ1n) is 10.3. The molecule has 0 bridgehead atoms. The summed E-state index contributed by atoms with van der Waals surface area (Å²) in [5.41, 5.74) is -0.474. The fraction of sp³-hybridized carbons (Fsp3) is 0.900. The maximum Gasteiger partial charge on any atom is 0.410 e. The Kier molecular flexibility index (Phi) is 13.8. The summed E-state index contributed by atoms with van der Waals surface area (Å²) in [5.74, 6) is 1.09. The van der Waals surface area contributed by atoms with Gasteiger partial charge in [-0.3, -0.25) is 4.99 Å². The van der Waals surface area contributed by atoms with Gasteiger partial charge in [0.2, 0.25) is 0 Å². The summed E-state index contributed by atoms with van der Waals surface area (Å²) in [6.45, 7) is 13.0. The number of hydrogen-bond acceptors (Lipinski definition) is 5. The van der Waals surface area contributed by atoms with Gasteiger partial charge >= 0.3 is 6.09 Å². The maximum absolute atomic E-state index is 12.1. The van der Waals surface area contributed by atoms with Crippen molar-refractivity contribution in [3.05, 3.63) is 0 Å². The third kappa shape index (κ3) is 12.5. The number of aliphatic imine (C=N–C) groups is 1. The van der Waals surface area contributed by atoms with Gasteiger partial charge in [0.25, 0.3) is 0 Å². The number of piperidine rings is 1. The molecule has 1 unspecified atom stereocenters. The number of methoxy groups -OCH3 is 1. The topological polar surface area (TPSA) is 78.4 Å². The third-order valence-corrected chi connectivity index (χ3v) is 4.67. The Morgan fingerprint density at radius 1 is 1.31 bits per heavy atom. The highest BCUT2D eigenvalue weighted by Gasteiger charge is 2.22. The molecular weight excluding hydrogens is 485 g/mol. The molecule has 8 nitrogen and oxygen atoms in total. The predicted molar refractivity (Wildman–Crippen MR) is 129 cm³/mol. The minimum Gasteiger partial charge on any atom is -0.444 e. The van der Waals surface area contributed by atoms with E-state index in [1.165, 1.54) is 0 Å². The number of likely N-dealkylation sites (tertiary alicyclic amines) is 1. The average Bonchev–Trinajstić information content (AvgIpc) is 2.62. The van der Waals surface area contributed by atoms with Gasteiger partial charge in [0.15, 0.2) is 5.96 Å². The first-order valence-corrected chi connectivity index (χ1v) is 10.3. The van der Waals surface area contributed by atoms with Crippen LogP contribution in [0.1, 0.15) is 40.5 Å². The predicted octanol–water partition coefficient (Wildman–Crippen LogP) is 2.38. The number of nitrogens with zero attached hydrogens (tertiary/aromatic N) is 3. The van der Waals surface area contributed by atoms with Crippen molar-refractivity contribution in [2.45, 2.75) is 52.2 Å². The van der Waals surface area contributed by atoms with Crippen molar-refractivity contribution in [1.29, 1.82) is 0 Å². The Labute approximate surface area is 194 Å². The van der Waals surface area contributed by atoms with E-state index in [4.69, 9.17) is 9.47 Å². The van der Waals surface area contributed by atoms with Gasteiger partial charge in [0.1, 0.15) is 5.60 Å². The molecule has 0 aromatic heterocycles. The monoisotopic (exact) mass is 527 g/mol. The van der Waals surface area contributed by atoms with Gasteiger partial charge in [-0.05, 0) is 39.5 Å². The van der Waals surface area contributed by atoms with Crippen LogP contribution in [0.4, 0.5) is 4.79 Å². The highest BCUT2D eigenvalue weighted by Crippen LogP contribution is 2.11. The van der Waals surface area contributed by atoms with Crippen LogP contribution in [0.5, 0.6) is 0 Å². The van der Waals surface area contributed by atoms with Gasteiger partial charge < -0.3 is 29.9 Å². The second-order valence-electron chi connectivity index (χ2n) is 8.67. The van der Waals surface area contributed by atoms with Crippen LogP contribution in [0.15, 0.2) is 4.99 Å². The molecule has 1 amide bonds. The SMILES string of the molecule is CN=C(NCC(C)CN(C)C(=O)OC(C)(C)C)NC1CCN(CCOC)CC1.I. The number of amides is 1. The molecule has 0 saturated carbocycles. The number of nitrogens with one attached hydrogen (secondary N) is 2. The molecule has 0 aromatic rings. The van der Waals surface area contributed by atoms with E-state index in [-0.39, 0.29) is 36.0 Å². The molecule has 2 N–H and O–H groups in total. The zero-order chi connectivity index (χ0) is 21.2. The number of carbonyl (C=O) groups excluding carboxylic acids is 1. The third-order valence-electron chi connectivity index (χ3n) is 4.67. The van der Waals surface area contributed by atoms with Gasteiger partial charge in [-0.25, -0.2) is 4.79 Å². The Hall–Kier alpha value is -0.810. The molecule has 172 valence electrons. The summed E-state index contributed by atoms with van der Waals surface area (Å²) < 4.78 is 10.6. The van der Waals surface area contributed by atoms with Crippen LogP contribution in [-0.4, -0.2) is 94.0 Å². The number of carbonyl (C=O) groups is 1.